The number of hydrogen-bond acceptors (Lipinski definition) is 3. The Bertz CT molecular complexity index is 541. The standard InChI is InChI=1S/C12H12FN5/c13-9-6-11(8-15-7-9)17-12(18-14)16-10-4-2-1-3-5-10/h1-8H,14H2,(H2,16,17,18). The SMILES string of the molecule is NNC(=Nc1ccccc1)Nc1cncc(F)c1. The van der Waals surface area contributed by atoms with Gasteiger partial charge >= 0.3 is 0 Å². The van der Waals surface area contributed by atoms with Gasteiger partial charge in [0.05, 0.1) is 23.8 Å². The maximum Gasteiger partial charge on any atom is 0.215 e. The van der Waals surface area contributed by atoms with Gasteiger partial charge in [-0.25, -0.2) is 15.2 Å². The summed E-state index contributed by atoms with van der Waals surface area (Å²) in [4.78, 5) is 7.94. The average molecular weight is 245 g/mol. The topological polar surface area (TPSA) is 75.3 Å². The summed E-state index contributed by atoms with van der Waals surface area (Å²) in [7, 11) is 0. The summed E-state index contributed by atoms with van der Waals surface area (Å²) in [6.45, 7) is 0. The van der Waals surface area contributed by atoms with E-state index in [4.69, 9.17) is 5.84 Å². The molecular formula is C12H12FN5. The number of guanidine groups is 1. The van der Waals surface area contributed by atoms with Crippen LogP contribution in [-0.2, 0) is 0 Å². The number of aromatic nitrogens is 1. The summed E-state index contributed by atoms with van der Waals surface area (Å²) in [5.74, 6) is 5.21. The van der Waals surface area contributed by atoms with Crippen LogP contribution in [-0.4, -0.2) is 10.9 Å². The molecule has 0 bridgehead atoms. The van der Waals surface area contributed by atoms with E-state index in [0.717, 1.165) is 11.9 Å². The number of hydrogen-bond donors (Lipinski definition) is 3. The molecule has 0 amide bonds. The predicted octanol–water partition coefficient (Wildman–Crippen LogP) is 1.78. The highest BCUT2D eigenvalue weighted by Crippen LogP contribution is 2.11. The molecule has 1 aromatic heterocycles. The smallest absolute Gasteiger partial charge is 0.215 e. The number of hydrazine groups is 1. The minimum absolute atomic E-state index is 0.300. The van der Waals surface area contributed by atoms with Crippen molar-refractivity contribution in [1.82, 2.24) is 10.4 Å². The fourth-order valence-corrected chi connectivity index (χ4v) is 1.34. The third-order valence-electron chi connectivity index (χ3n) is 2.10. The summed E-state index contributed by atoms with van der Waals surface area (Å²) in [6, 6.07) is 10.5. The van der Waals surface area contributed by atoms with Crippen molar-refractivity contribution in [3.8, 4) is 0 Å². The first kappa shape index (κ1) is 12.0. The van der Waals surface area contributed by atoms with Crippen LogP contribution in [0.2, 0.25) is 0 Å². The second-order valence-electron chi connectivity index (χ2n) is 3.46. The molecule has 5 nitrogen and oxygen atoms in total. The lowest BCUT2D eigenvalue weighted by Gasteiger charge is -2.08. The van der Waals surface area contributed by atoms with Gasteiger partial charge in [0.2, 0.25) is 5.96 Å². The quantitative estimate of drug-likeness (QED) is 0.326. The molecule has 4 N–H and O–H groups in total. The average Bonchev–Trinajstić information content (AvgIpc) is 2.39. The molecule has 0 fully saturated rings. The zero-order valence-corrected chi connectivity index (χ0v) is 9.47. The van der Waals surface area contributed by atoms with Crippen molar-refractivity contribution < 1.29 is 4.39 Å². The van der Waals surface area contributed by atoms with Crippen LogP contribution in [0.5, 0.6) is 0 Å². The minimum atomic E-state index is -0.434. The molecule has 92 valence electrons. The van der Waals surface area contributed by atoms with Crippen molar-refractivity contribution in [2.24, 2.45) is 10.8 Å². The second kappa shape index (κ2) is 5.74. The highest BCUT2D eigenvalue weighted by molar-refractivity contribution is 5.94. The zero-order chi connectivity index (χ0) is 12.8. The van der Waals surface area contributed by atoms with Crippen molar-refractivity contribution in [1.29, 1.82) is 0 Å². The molecule has 2 aromatic rings. The molecule has 0 saturated carbocycles. The van der Waals surface area contributed by atoms with E-state index < -0.39 is 5.82 Å². The summed E-state index contributed by atoms with van der Waals surface area (Å²) in [5.41, 5.74) is 3.59. The van der Waals surface area contributed by atoms with E-state index in [1.807, 2.05) is 30.3 Å². The summed E-state index contributed by atoms with van der Waals surface area (Å²) >= 11 is 0. The Morgan fingerprint density at radius 2 is 2.00 bits per heavy atom. The van der Waals surface area contributed by atoms with Crippen LogP contribution < -0.4 is 16.6 Å². The van der Waals surface area contributed by atoms with Gasteiger partial charge in [0.15, 0.2) is 0 Å². The Kier molecular flexibility index (Phi) is 3.83. The Balaban J connectivity index is 2.17. The van der Waals surface area contributed by atoms with Gasteiger partial charge in [-0.05, 0) is 12.1 Å². The van der Waals surface area contributed by atoms with E-state index in [1.54, 1.807) is 0 Å². The molecule has 0 saturated heterocycles. The Hall–Kier alpha value is -2.47. The van der Waals surface area contributed by atoms with E-state index >= 15 is 0 Å². The number of benzene rings is 1. The number of nitrogens with zero attached hydrogens (tertiary/aromatic N) is 2. The molecule has 0 spiro atoms. The van der Waals surface area contributed by atoms with Gasteiger partial charge in [-0.3, -0.25) is 10.4 Å². The maximum absolute atomic E-state index is 13.0. The molecule has 6 heteroatoms. The molecule has 1 aromatic carbocycles. The predicted molar refractivity (Wildman–Crippen MR) is 68.7 cm³/mol. The van der Waals surface area contributed by atoms with Crippen molar-refractivity contribution in [2.75, 3.05) is 5.32 Å². The van der Waals surface area contributed by atoms with Gasteiger partial charge in [-0.2, -0.15) is 0 Å². The van der Waals surface area contributed by atoms with E-state index in [-0.39, 0.29) is 0 Å². The number of rotatable bonds is 2. The van der Waals surface area contributed by atoms with Crippen LogP contribution in [0.3, 0.4) is 0 Å². The molecule has 0 aliphatic heterocycles. The molecule has 0 atom stereocenters. The molecule has 0 aliphatic rings. The number of para-hydroxylation sites is 1. The Labute approximate surface area is 104 Å². The minimum Gasteiger partial charge on any atom is -0.324 e. The molecule has 0 unspecified atom stereocenters. The van der Waals surface area contributed by atoms with Gasteiger partial charge in [0.1, 0.15) is 5.82 Å². The van der Waals surface area contributed by atoms with Gasteiger partial charge in [0, 0.05) is 6.07 Å². The summed E-state index contributed by atoms with van der Waals surface area (Å²) in [5, 5.41) is 2.83. The number of halogens is 1. The lowest BCUT2D eigenvalue weighted by molar-refractivity contribution is 0.622. The first-order chi connectivity index (χ1) is 8.78. The fourth-order valence-electron chi connectivity index (χ4n) is 1.34. The first-order valence-electron chi connectivity index (χ1n) is 5.26. The largest absolute Gasteiger partial charge is 0.324 e. The molecule has 2 rings (SSSR count). The Morgan fingerprint density at radius 3 is 2.67 bits per heavy atom. The van der Waals surface area contributed by atoms with Crippen LogP contribution in [0.15, 0.2) is 53.8 Å². The fraction of sp³-hybridized carbons (Fsp3) is 0. The van der Waals surface area contributed by atoms with Gasteiger partial charge < -0.3 is 5.32 Å². The van der Waals surface area contributed by atoms with Crippen LogP contribution in [0.25, 0.3) is 0 Å². The van der Waals surface area contributed by atoms with E-state index in [9.17, 15) is 4.39 Å². The zero-order valence-electron chi connectivity index (χ0n) is 9.47. The van der Waals surface area contributed by atoms with E-state index in [0.29, 0.717) is 11.6 Å². The summed E-state index contributed by atoms with van der Waals surface area (Å²) < 4.78 is 13.0. The van der Waals surface area contributed by atoms with Crippen molar-refractivity contribution in [2.45, 2.75) is 0 Å². The lowest BCUT2D eigenvalue weighted by atomic mass is 10.3. The Morgan fingerprint density at radius 1 is 1.22 bits per heavy atom. The van der Waals surface area contributed by atoms with Crippen molar-refractivity contribution in [3.05, 3.63) is 54.6 Å². The van der Waals surface area contributed by atoms with Crippen LogP contribution >= 0.6 is 0 Å². The van der Waals surface area contributed by atoms with Crippen molar-refractivity contribution >= 4 is 17.3 Å². The van der Waals surface area contributed by atoms with Crippen molar-refractivity contribution in [3.63, 3.8) is 0 Å². The number of nitrogens with two attached hydrogens (primary N) is 1. The van der Waals surface area contributed by atoms with Gasteiger partial charge in [-0.15, -0.1) is 0 Å². The molecule has 0 radical (unpaired) electrons. The lowest BCUT2D eigenvalue weighted by Crippen LogP contribution is -2.36. The molecule has 1 heterocycles. The highest BCUT2D eigenvalue weighted by Gasteiger charge is 2.00. The number of anilines is 1. The third-order valence-corrected chi connectivity index (χ3v) is 2.10. The molecular weight excluding hydrogens is 233 g/mol. The highest BCUT2D eigenvalue weighted by atomic mass is 19.1. The van der Waals surface area contributed by atoms with E-state index in [2.05, 4.69) is 20.7 Å². The number of pyridine rings is 1. The molecule has 18 heavy (non-hydrogen) atoms. The normalized spacial score (nSPS) is 11.1. The number of aliphatic imine (C=N–C) groups is 1. The van der Waals surface area contributed by atoms with Crippen LogP contribution in [0.1, 0.15) is 0 Å². The van der Waals surface area contributed by atoms with Crippen LogP contribution in [0.4, 0.5) is 15.8 Å². The maximum atomic E-state index is 13.0. The van der Waals surface area contributed by atoms with E-state index in [1.165, 1.54) is 12.3 Å². The summed E-state index contributed by atoms with van der Waals surface area (Å²) in [6.07, 6.45) is 2.59. The second-order valence-corrected chi connectivity index (χ2v) is 3.46. The van der Waals surface area contributed by atoms with Gasteiger partial charge in [-0.1, -0.05) is 18.2 Å². The third kappa shape index (κ3) is 3.26. The van der Waals surface area contributed by atoms with Gasteiger partial charge in [0.25, 0.3) is 0 Å². The molecule has 0 aliphatic carbocycles. The first-order valence-corrected chi connectivity index (χ1v) is 5.26. The monoisotopic (exact) mass is 245 g/mol. The number of nitrogens with one attached hydrogen (secondary N) is 2. The van der Waals surface area contributed by atoms with Crippen LogP contribution in [0, 0.1) is 5.82 Å².